The van der Waals surface area contributed by atoms with E-state index < -0.39 is 0 Å². The van der Waals surface area contributed by atoms with Gasteiger partial charge in [-0.1, -0.05) is 38.6 Å². The lowest BCUT2D eigenvalue weighted by Crippen LogP contribution is -2.29. The maximum Gasteiger partial charge on any atom is 0.346 e. The van der Waals surface area contributed by atoms with E-state index in [1.165, 1.54) is 21.3 Å². The molecule has 0 radical (unpaired) electrons. The van der Waals surface area contributed by atoms with Gasteiger partial charge in [0.15, 0.2) is 11.0 Å². The Morgan fingerprint density at radius 2 is 2.05 bits per heavy atom. The molecular formula is C15H21N5OS. The lowest BCUT2D eigenvalue weighted by atomic mass is 9.96. The predicted octanol–water partition coefficient (Wildman–Crippen LogP) is 2.79. The predicted molar refractivity (Wildman–Crippen MR) is 87.0 cm³/mol. The Morgan fingerprint density at radius 1 is 1.32 bits per heavy atom. The van der Waals surface area contributed by atoms with Crippen molar-refractivity contribution >= 4 is 17.8 Å². The summed E-state index contributed by atoms with van der Waals surface area (Å²) in [5, 5.41) is 4.98. The minimum absolute atomic E-state index is 0.202. The first-order chi connectivity index (χ1) is 10.3. The standard InChI is InChI=1S/C15H21N5OS/c1-15(2,3)12-17-13(20(18-12)14(21)19(4)5)22-10-11-8-6-7-9-16-11/h6-9H,10H2,1-5H3. The second kappa shape index (κ2) is 6.48. The number of thioether (sulfide) groups is 1. The molecule has 2 rings (SSSR count). The van der Waals surface area contributed by atoms with E-state index in [1.807, 2.05) is 39.0 Å². The Morgan fingerprint density at radius 3 is 2.59 bits per heavy atom. The first kappa shape index (κ1) is 16.5. The Balaban J connectivity index is 2.28. The van der Waals surface area contributed by atoms with Crippen LogP contribution in [-0.2, 0) is 11.2 Å². The number of hydrogen-bond donors (Lipinski definition) is 0. The highest BCUT2D eigenvalue weighted by Gasteiger charge is 2.25. The van der Waals surface area contributed by atoms with Gasteiger partial charge in [-0.2, -0.15) is 4.68 Å². The quantitative estimate of drug-likeness (QED) is 0.814. The molecule has 2 heterocycles. The Labute approximate surface area is 134 Å². The van der Waals surface area contributed by atoms with Gasteiger partial charge in [-0.05, 0) is 12.1 Å². The summed E-state index contributed by atoms with van der Waals surface area (Å²) in [4.78, 5) is 22.6. The van der Waals surface area contributed by atoms with Crippen LogP contribution in [0.5, 0.6) is 0 Å². The van der Waals surface area contributed by atoms with Gasteiger partial charge in [-0.3, -0.25) is 4.98 Å². The second-order valence-electron chi connectivity index (χ2n) is 6.17. The van der Waals surface area contributed by atoms with Gasteiger partial charge in [-0.15, -0.1) is 5.10 Å². The van der Waals surface area contributed by atoms with Crippen LogP contribution in [0.15, 0.2) is 29.6 Å². The molecule has 22 heavy (non-hydrogen) atoms. The topological polar surface area (TPSA) is 63.9 Å². The fraction of sp³-hybridized carbons (Fsp3) is 0.467. The number of nitrogens with zero attached hydrogens (tertiary/aromatic N) is 5. The fourth-order valence-electron chi connectivity index (χ4n) is 1.64. The van der Waals surface area contributed by atoms with E-state index in [9.17, 15) is 4.79 Å². The molecule has 0 saturated heterocycles. The van der Waals surface area contributed by atoms with Crippen molar-refractivity contribution in [1.29, 1.82) is 0 Å². The van der Waals surface area contributed by atoms with E-state index in [1.54, 1.807) is 20.3 Å². The zero-order chi connectivity index (χ0) is 16.3. The highest BCUT2D eigenvalue weighted by molar-refractivity contribution is 7.98. The zero-order valence-electron chi connectivity index (χ0n) is 13.6. The Kier molecular flexibility index (Phi) is 4.85. The van der Waals surface area contributed by atoms with Gasteiger partial charge in [-0.25, -0.2) is 9.78 Å². The normalized spacial score (nSPS) is 11.5. The molecule has 0 N–H and O–H groups in total. The monoisotopic (exact) mass is 319 g/mol. The van der Waals surface area contributed by atoms with Crippen molar-refractivity contribution in [3.63, 3.8) is 0 Å². The van der Waals surface area contributed by atoms with Crippen LogP contribution in [0.1, 0.15) is 32.3 Å². The van der Waals surface area contributed by atoms with Crippen molar-refractivity contribution in [2.45, 2.75) is 37.1 Å². The van der Waals surface area contributed by atoms with Gasteiger partial charge in [0, 0.05) is 31.5 Å². The third-order valence-electron chi connectivity index (χ3n) is 2.89. The second-order valence-corrected chi connectivity index (χ2v) is 7.11. The molecule has 0 aliphatic heterocycles. The maximum atomic E-state index is 12.3. The first-order valence-electron chi connectivity index (χ1n) is 7.01. The molecule has 0 bridgehead atoms. The SMILES string of the molecule is CN(C)C(=O)n1nc(C(C)(C)C)nc1SCc1ccccn1. The summed E-state index contributed by atoms with van der Waals surface area (Å²) in [5.74, 6) is 1.30. The Hall–Kier alpha value is -1.89. The lowest BCUT2D eigenvalue weighted by Gasteiger charge is -2.13. The summed E-state index contributed by atoms with van der Waals surface area (Å²) >= 11 is 1.46. The fourth-order valence-corrected chi connectivity index (χ4v) is 2.48. The molecule has 6 nitrogen and oxygen atoms in total. The molecule has 0 fully saturated rings. The van der Waals surface area contributed by atoms with Crippen LogP contribution >= 0.6 is 11.8 Å². The highest BCUT2D eigenvalue weighted by atomic mass is 32.2. The van der Waals surface area contributed by atoms with E-state index in [-0.39, 0.29) is 11.4 Å². The van der Waals surface area contributed by atoms with E-state index in [4.69, 9.17) is 0 Å². The van der Waals surface area contributed by atoms with Crippen LogP contribution in [0.2, 0.25) is 0 Å². The van der Waals surface area contributed by atoms with Gasteiger partial charge in [0.2, 0.25) is 0 Å². The summed E-state index contributed by atoms with van der Waals surface area (Å²) in [7, 11) is 3.40. The van der Waals surface area contributed by atoms with Crippen molar-refractivity contribution < 1.29 is 4.79 Å². The van der Waals surface area contributed by atoms with Crippen LogP contribution in [0.25, 0.3) is 0 Å². The summed E-state index contributed by atoms with van der Waals surface area (Å²) in [6.45, 7) is 6.08. The molecule has 2 aromatic heterocycles. The average molecular weight is 319 g/mol. The third-order valence-corrected chi connectivity index (χ3v) is 3.85. The minimum atomic E-state index is -0.210. The maximum absolute atomic E-state index is 12.3. The molecule has 2 aromatic rings. The number of amides is 1. The number of carbonyl (C=O) groups excluding carboxylic acids is 1. The number of pyridine rings is 1. The van der Waals surface area contributed by atoms with Crippen molar-refractivity contribution in [2.24, 2.45) is 0 Å². The largest absolute Gasteiger partial charge is 0.346 e. The molecule has 0 atom stereocenters. The molecule has 0 aliphatic rings. The average Bonchev–Trinajstić information content (AvgIpc) is 2.89. The number of rotatable bonds is 3. The van der Waals surface area contributed by atoms with Gasteiger partial charge >= 0.3 is 6.03 Å². The number of carbonyl (C=O) groups is 1. The van der Waals surface area contributed by atoms with E-state index in [0.717, 1.165) is 5.69 Å². The molecule has 0 unspecified atom stereocenters. The summed E-state index contributed by atoms with van der Waals surface area (Å²) in [6.07, 6.45) is 1.76. The Bertz CT molecular complexity index is 646. The molecule has 1 amide bonds. The highest BCUT2D eigenvalue weighted by Crippen LogP contribution is 2.25. The lowest BCUT2D eigenvalue weighted by molar-refractivity contribution is 0.213. The molecular weight excluding hydrogens is 298 g/mol. The van der Waals surface area contributed by atoms with E-state index in [2.05, 4.69) is 15.1 Å². The van der Waals surface area contributed by atoms with Crippen LogP contribution < -0.4 is 0 Å². The van der Waals surface area contributed by atoms with Crippen LogP contribution in [0.4, 0.5) is 4.79 Å². The number of aromatic nitrogens is 4. The van der Waals surface area contributed by atoms with Gasteiger partial charge in [0.05, 0.1) is 5.69 Å². The molecule has 0 spiro atoms. The third kappa shape index (κ3) is 3.85. The van der Waals surface area contributed by atoms with E-state index >= 15 is 0 Å². The summed E-state index contributed by atoms with van der Waals surface area (Å²) < 4.78 is 1.37. The zero-order valence-corrected chi connectivity index (χ0v) is 14.4. The smallest absolute Gasteiger partial charge is 0.329 e. The van der Waals surface area contributed by atoms with Gasteiger partial charge in [0.1, 0.15) is 0 Å². The van der Waals surface area contributed by atoms with Crippen LogP contribution in [-0.4, -0.2) is 44.8 Å². The van der Waals surface area contributed by atoms with Crippen LogP contribution in [0, 0.1) is 0 Å². The molecule has 7 heteroatoms. The molecule has 0 aliphatic carbocycles. The van der Waals surface area contributed by atoms with Crippen molar-refractivity contribution in [3.05, 3.63) is 35.9 Å². The first-order valence-corrected chi connectivity index (χ1v) is 7.99. The van der Waals surface area contributed by atoms with E-state index in [0.29, 0.717) is 16.7 Å². The summed E-state index contributed by atoms with van der Waals surface area (Å²) in [6, 6.07) is 5.57. The summed E-state index contributed by atoms with van der Waals surface area (Å²) in [5.41, 5.74) is 0.731. The molecule has 0 aromatic carbocycles. The van der Waals surface area contributed by atoms with Crippen molar-refractivity contribution in [2.75, 3.05) is 14.1 Å². The van der Waals surface area contributed by atoms with Gasteiger partial charge < -0.3 is 4.90 Å². The van der Waals surface area contributed by atoms with Gasteiger partial charge in [0.25, 0.3) is 0 Å². The number of hydrogen-bond acceptors (Lipinski definition) is 5. The van der Waals surface area contributed by atoms with Crippen LogP contribution in [0.3, 0.4) is 0 Å². The van der Waals surface area contributed by atoms with Crippen molar-refractivity contribution in [1.82, 2.24) is 24.6 Å². The minimum Gasteiger partial charge on any atom is -0.329 e. The van der Waals surface area contributed by atoms with Crippen molar-refractivity contribution in [3.8, 4) is 0 Å². The molecule has 0 saturated carbocycles. The molecule has 118 valence electrons.